The van der Waals surface area contributed by atoms with Crippen LogP contribution in [-0.2, 0) is 0 Å². The van der Waals surface area contributed by atoms with Crippen molar-refractivity contribution in [2.45, 2.75) is 26.1 Å². The molecule has 86 valence electrons. The van der Waals surface area contributed by atoms with Crippen molar-refractivity contribution >= 4 is 0 Å². The van der Waals surface area contributed by atoms with Gasteiger partial charge in [0.05, 0.1) is 5.56 Å². The van der Waals surface area contributed by atoms with Crippen LogP contribution in [0.2, 0.25) is 0 Å². The second-order valence-corrected chi connectivity index (χ2v) is 3.41. The molecular weight excluding hydrogens is 219 g/mol. The number of hydrogen-bond acceptors (Lipinski definition) is 2. The monoisotopic (exact) mass is 229 g/mol. The summed E-state index contributed by atoms with van der Waals surface area (Å²) in [6.45, 7) is 2.65. The molecule has 1 rings (SSSR count). The van der Waals surface area contributed by atoms with Crippen molar-refractivity contribution in [3.63, 3.8) is 0 Å². The van der Waals surface area contributed by atoms with Crippen LogP contribution in [0.15, 0.2) is 18.2 Å². The Kier molecular flexibility index (Phi) is 3.43. The average Bonchev–Trinajstić information content (AvgIpc) is 2.19. The largest absolute Gasteiger partial charge is 0.480 e. The molecule has 1 aromatic carbocycles. The lowest BCUT2D eigenvalue weighted by Gasteiger charge is -2.18. The van der Waals surface area contributed by atoms with E-state index in [1.807, 2.05) is 0 Å². The normalized spacial score (nSPS) is 13.0. The van der Waals surface area contributed by atoms with E-state index in [1.54, 1.807) is 19.1 Å². The molecule has 0 heterocycles. The van der Waals surface area contributed by atoms with E-state index in [1.165, 1.54) is 12.1 Å². The van der Waals surface area contributed by atoms with E-state index in [2.05, 4.69) is 0 Å². The molecule has 0 aliphatic heterocycles. The standard InChI is InChI=1S/C11H10F3NO/c1-7-3-4-10(9(5-7)6-15)16-8(2)11(12,13)14/h3-5,8H,1-2H3. The highest BCUT2D eigenvalue weighted by atomic mass is 19.4. The maximum absolute atomic E-state index is 12.2. The molecule has 0 aliphatic carbocycles. The van der Waals surface area contributed by atoms with E-state index >= 15 is 0 Å². The maximum atomic E-state index is 12.2. The molecule has 0 radical (unpaired) electrons. The lowest BCUT2D eigenvalue weighted by Crippen LogP contribution is -2.31. The average molecular weight is 229 g/mol. The predicted molar refractivity (Wildman–Crippen MR) is 52.0 cm³/mol. The first kappa shape index (κ1) is 12.4. The summed E-state index contributed by atoms with van der Waals surface area (Å²) >= 11 is 0. The van der Waals surface area contributed by atoms with Gasteiger partial charge in [0.2, 0.25) is 0 Å². The van der Waals surface area contributed by atoms with Gasteiger partial charge < -0.3 is 4.74 Å². The quantitative estimate of drug-likeness (QED) is 0.780. The van der Waals surface area contributed by atoms with Crippen LogP contribution in [0.5, 0.6) is 5.75 Å². The molecule has 0 aliphatic rings. The Balaban J connectivity index is 2.95. The number of ether oxygens (including phenoxy) is 1. The van der Waals surface area contributed by atoms with Crippen molar-refractivity contribution in [1.29, 1.82) is 5.26 Å². The molecule has 0 bridgehead atoms. The van der Waals surface area contributed by atoms with Gasteiger partial charge in [0.1, 0.15) is 11.8 Å². The van der Waals surface area contributed by atoms with Crippen LogP contribution in [0.25, 0.3) is 0 Å². The van der Waals surface area contributed by atoms with Crippen molar-refractivity contribution in [1.82, 2.24) is 0 Å². The van der Waals surface area contributed by atoms with Crippen molar-refractivity contribution in [3.8, 4) is 11.8 Å². The van der Waals surface area contributed by atoms with Crippen molar-refractivity contribution in [2.24, 2.45) is 0 Å². The molecule has 0 amide bonds. The number of nitriles is 1. The van der Waals surface area contributed by atoms with Crippen LogP contribution < -0.4 is 4.74 Å². The van der Waals surface area contributed by atoms with Crippen molar-refractivity contribution in [2.75, 3.05) is 0 Å². The van der Waals surface area contributed by atoms with Gasteiger partial charge >= 0.3 is 6.18 Å². The Hall–Kier alpha value is -1.70. The second-order valence-electron chi connectivity index (χ2n) is 3.41. The Bertz CT molecular complexity index is 420. The van der Waals surface area contributed by atoms with Gasteiger partial charge in [-0.05, 0) is 31.5 Å². The van der Waals surface area contributed by atoms with Crippen LogP contribution in [0.1, 0.15) is 18.1 Å². The third-order valence-corrected chi connectivity index (χ3v) is 2.02. The summed E-state index contributed by atoms with van der Waals surface area (Å²) in [5.74, 6) is -0.0436. The fraction of sp³-hybridized carbons (Fsp3) is 0.364. The summed E-state index contributed by atoms with van der Waals surface area (Å²) in [5.41, 5.74) is 0.902. The Morgan fingerprint density at radius 2 is 2.00 bits per heavy atom. The minimum absolute atomic E-state index is 0.0436. The van der Waals surface area contributed by atoms with Gasteiger partial charge in [-0.15, -0.1) is 0 Å². The Morgan fingerprint density at radius 1 is 1.38 bits per heavy atom. The molecule has 5 heteroatoms. The van der Waals surface area contributed by atoms with E-state index in [0.717, 1.165) is 12.5 Å². The Labute approximate surface area is 91.3 Å². The number of hydrogen-bond donors (Lipinski definition) is 0. The van der Waals surface area contributed by atoms with Crippen molar-refractivity contribution < 1.29 is 17.9 Å². The molecular formula is C11H10F3NO. The van der Waals surface area contributed by atoms with E-state index in [-0.39, 0.29) is 11.3 Å². The van der Waals surface area contributed by atoms with Gasteiger partial charge in [-0.1, -0.05) is 6.07 Å². The fourth-order valence-corrected chi connectivity index (χ4v) is 1.09. The fourth-order valence-electron chi connectivity index (χ4n) is 1.09. The Morgan fingerprint density at radius 3 is 2.50 bits per heavy atom. The summed E-state index contributed by atoms with van der Waals surface area (Å²) < 4.78 is 41.4. The molecule has 0 saturated carbocycles. The summed E-state index contributed by atoms with van der Waals surface area (Å²) in [6.07, 6.45) is -6.36. The third kappa shape index (κ3) is 2.89. The van der Waals surface area contributed by atoms with E-state index in [4.69, 9.17) is 10.00 Å². The number of alkyl halides is 3. The zero-order chi connectivity index (χ0) is 12.3. The number of aryl methyl sites for hydroxylation is 1. The minimum atomic E-state index is -4.43. The first-order valence-corrected chi connectivity index (χ1v) is 4.58. The molecule has 0 fully saturated rings. The minimum Gasteiger partial charge on any atom is -0.480 e. The van der Waals surface area contributed by atoms with Gasteiger partial charge in [0.25, 0.3) is 0 Å². The molecule has 0 N–H and O–H groups in total. The zero-order valence-electron chi connectivity index (χ0n) is 8.80. The number of nitrogens with zero attached hydrogens (tertiary/aromatic N) is 1. The first-order chi connectivity index (χ1) is 7.34. The summed E-state index contributed by atoms with van der Waals surface area (Å²) in [4.78, 5) is 0. The topological polar surface area (TPSA) is 33.0 Å². The molecule has 2 nitrogen and oxygen atoms in total. The van der Waals surface area contributed by atoms with Gasteiger partial charge in [-0.3, -0.25) is 0 Å². The molecule has 1 atom stereocenters. The highest BCUT2D eigenvalue weighted by molar-refractivity contribution is 5.45. The van der Waals surface area contributed by atoms with Crippen molar-refractivity contribution in [3.05, 3.63) is 29.3 Å². The van der Waals surface area contributed by atoms with Crippen LogP contribution >= 0.6 is 0 Å². The van der Waals surface area contributed by atoms with E-state index < -0.39 is 12.3 Å². The molecule has 0 aromatic heterocycles. The van der Waals surface area contributed by atoms with Gasteiger partial charge in [0.15, 0.2) is 6.10 Å². The molecule has 0 saturated heterocycles. The highest BCUT2D eigenvalue weighted by Gasteiger charge is 2.38. The van der Waals surface area contributed by atoms with E-state index in [9.17, 15) is 13.2 Å². The predicted octanol–water partition coefficient (Wildman–Crippen LogP) is 3.20. The summed E-state index contributed by atoms with van der Waals surface area (Å²) in [7, 11) is 0. The van der Waals surface area contributed by atoms with E-state index in [0.29, 0.717) is 0 Å². The number of benzene rings is 1. The maximum Gasteiger partial charge on any atom is 0.425 e. The molecule has 1 unspecified atom stereocenters. The summed E-state index contributed by atoms with van der Waals surface area (Å²) in [5, 5.41) is 8.75. The second kappa shape index (κ2) is 4.44. The first-order valence-electron chi connectivity index (χ1n) is 4.58. The zero-order valence-corrected chi connectivity index (χ0v) is 8.80. The van der Waals surface area contributed by atoms with Gasteiger partial charge in [-0.2, -0.15) is 18.4 Å². The molecule has 1 aromatic rings. The van der Waals surface area contributed by atoms with Gasteiger partial charge in [-0.25, -0.2) is 0 Å². The van der Waals surface area contributed by atoms with Crippen LogP contribution in [0, 0.1) is 18.3 Å². The van der Waals surface area contributed by atoms with Gasteiger partial charge in [0, 0.05) is 0 Å². The lowest BCUT2D eigenvalue weighted by molar-refractivity contribution is -0.189. The van der Waals surface area contributed by atoms with Crippen LogP contribution in [0.3, 0.4) is 0 Å². The van der Waals surface area contributed by atoms with Crippen LogP contribution in [-0.4, -0.2) is 12.3 Å². The smallest absolute Gasteiger partial charge is 0.425 e. The SMILES string of the molecule is Cc1ccc(OC(C)C(F)(F)F)c(C#N)c1. The molecule has 0 spiro atoms. The third-order valence-electron chi connectivity index (χ3n) is 2.02. The number of rotatable bonds is 2. The molecule has 16 heavy (non-hydrogen) atoms. The summed E-state index contributed by atoms with van der Waals surface area (Å²) in [6, 6.07) is 6.25. The highest BCUT2D eigenvalue weighted by Crippen LogP contribution is 2.27. The van der Waals surface area contributed by atoms with Crippen LogP contribution in [0.4, 0.5) is 13.2 Å². The lowest BCUT2D eigenvalue weighted by atomic mass is 10.1. The number of halogens is 3.